The number of benzene rings is 1. The molecular weight excluding hydrogens is 271 g/mol. The number of hydrogen-bond donors (Lipinski definition) is 1. The van der Waals surface area contributed by atoms with Gasteiger partial charge in [-0.1, -0.05) is 25.5 Å². The summed E-state index contributed by atoms with van der Waals surface area (Å²) in [5.41, 5.74) is 0.846. The highest BCUT2D eigenvalue weighted by atomic mass is 19.1. The van der Waals surface area contributed by atoms with Crippen LogP contribution in [0, 0.1) is 5.82 Å². The minimum atomic E-state index is -0.293. The Balaban J connectivity index is 2.32. The van der Waals surface area contributed by atoms with Gasteiger partial charge in [0.15, 0.2) is 0 Å². The Morgan fingerprint density at radius 1 is 1.19 bits per heavy atom. The molecule has 0 saturated carbocycles. The first-order valence-electron chi connectivity index (χ1n) is 7.29. The lowest BCUT2D eigenvalue weighted by Crippen LogP contribution is -2.34. The van der Waals surface area contributed by atoms with Gasteiger partial charge >= 0.3 is 0 Å². The number of nitrogens with one attached hydrogen (secondary N) is 1. The summed E-state index contributed by atoms with van der Waals surface area (Å²) in [6.45, 7) is 5.08. The van der Waals surface area contributed by atoms with Gasteiger partial charge in [0.05, 0.1) is 0 Å². The third kappa shape index (κ3) is 6.88. The third-order valence-corrected chi connectivity index (χ3v) is 3.24. The van der Waals surface area contributed by atoms with Crippen molar-refractivity contribution in [3.05, 3.63) is 35.6 Å². The van der Waals surface area contributed by atoms with Crippen molar-refractivity contribution in [2.75, 3.05) is 13.1 Å². The van der Waals surface area contributed by atoms with Crippen LogP contribution < -0.4 is 5.32 Å². The van der Waals surface area contributed by atoms with Crippen molar-refractivity contribution < 1.29 is 14.0 Å². The largest absolute Gasteiger partial charge is 0.352 e. The number of nitrogens with zero attached hydrogens (tertiary/aromatic N) is 1. The van der Waals surface area contributed by atoms with Crippen LogP contribution in [0.3, 0.4) is 0 Å². The zero-order chi connectivity index (χ0) is 15.7. The zero-order valence-electron chi connectivity index (χ0n) is 12.7. The summed E-state index contributed by atoms with van der Waals surface area (Å²) in [6, 6.07) is 6.00. The number of hydrogen-bond acceptors (Lipinski definition) is 2. The Bertz CT molecular complexity index is 460. The minimum absolute atomic E-state index is 0.00483. The van der Waals surface area contributed by atoms with E-state index in [1.807, 2.05) is 0 Å². The zero-order valence-corrected chi connectivity index (χ0v) is 12.7. The predicted molar refractivity (Wildman–Crippen MR) is 80.0 cm³/mol. The Hall–Kier alpha value is -1.91. The summed E-state index contributed by atoms with van der Waals surface area (Å²) in [5, 5.41) is 2.77. The van der Waals surface area contributed by atoms with E-state index in [4.69, 9.17) is 0 Å². The van der Waals surface area contributed by atoms with Crippen molar-refractivity contribution in [3.8, 4) is 0 Å². The molecule has 0 atom stereocenters. The smallest absolute Gasteiger partial charge is 0.222 e. The van der Waals surface area contributed by atoms with Gasteiger partial charge in [0.2, 0.25) is 11.8 Å². The number of amides is 2. The van der Waals surface area contributed by atoms with Crippen LogP contribution in [-0.2, 0) is 16.1 Å². The Kier molecular flexibility index (Phi) is 7.43. The van der Waals surface area contributed by atoms with Crippen LogP contribution in [-0.4, -0.2) is 29.8 Å². The van der Waals surface area contributed by atoms with Crippen molar-refractivity contribution in [1.82, 2.24) is 10.2 Å². The second-order valence-corrected chi connectivity index (χ2v) is 5.01. The molecule has 4 nitrogen and oxygen atoms in total. The van der Waals surface area contributed by atoms with E-state index in [1.54, 1.807) is 17.0 Å². The topological polar surface area (TPSA) is 49.4 Å². The highest BCUT2D eigenvalue weighted by Gasteiger charge is 2.10. The van der Waals surface area contributed by atoms with E-state index in [0.717, 1.165) is 18.4 Å². The lowest BCUT2D eigenvalue weighted by Gasteiger charge is -2.20. The monoisotopic (exact) mass is 294 g/mol. The van der Waals surface area contributed by atoms with Crippen LogP contribution in [0.1, 0.15) is 38.7 Å². The fourth-order valence-electron chi connectivity index (χ4n) is 1.90. The highest BCUT2D eigenvalue weighted by Crippen LogP contribution is 2.02. The van der Waals surface area contributed by atoms with E-state index in [9.17, 15) is 14.0 Å². The maximum Gasteiger partial charge on any atom is 0.222 e. The van der Waals surface area contributed by atoms with Gasteiger partial charge in [-0.05, 0) is 24.1 Å². The summed E-state index contributed by atoms with van der Waals surface area (Å²) in [5.74, 6) is -0.407. The molecule has 0 saturated heterocycles. The molecule has 0 fully saturated rings. The number of unbranched alkanes of at least 4 members (excludes halogenated alkanes) is 1. The first-order valence-corrected chi connectivity index (χ1v) is 7.29. The molecule has 2 amide bonds. The molecule has 0 aliphatic carbocycles. The lowest BCUT2D eigenvalue weighted by atomic mass is 10.2. The molecule has 1 aromatic rings. The van der Waals surface area contributed by atoms with Gasteiger partial charge < -0.3 is 10.2 Å². The number of carbonyl (C=O) groups excluding carboxylic acids is 2. The van der Waals surface area contributed by atoms with E-state index < -0.39 is 0 Å². The van der Waals surface area contributed by atoms with Gasteiger partial charge in [-0.15, -0.1) is 0 Å². The van der Waals surface area contributed by atoms with Gasteiger partial charge in [-0.25, -0.2) is 4.39 Å². The molecule has 0 bridgehead atoms. The molecule has 0 unspecified atom stereocenters. The summed E-state index contributed by atoms with van der Waals surface area (Å²) in [4.78, 5) is 24.9. The van der Waals surface area contributed by atoms with Crippen molar-refractivity contribution >= 4 is 11.8 Å². The van der Waals surface area contributed by atoms with Crippen LogP contribution in [0.5, 0.6) is 0 Å². The van der Waals surface area contributed by atoms with Gasteiger partial charge in [0.1, 0.15) is 5.82 Å². The quantitative estimate of drug-likeness (QED) is 0.801. The maximum absolute atomic E-state index is 12.7. The first kappa shape index (κ1) is 17.1. The minimum Gasteiger partial charge on any atom is -0.352 e. The predicted octanol–water partition coefficient (Wildman–Crippen LogP) is 2.48. The molecule has 0 aliphatic rings. The molecule has 0 spiro atoms. The molecule has 116 valence electrons. The average Bonchev–Trinajstić information content (AvgIpc) is 2.46. The second-order valence-electron chi connectivity index (χ2n) is 5.01. The lowest BCUT2D eigenvalue weighted by molar-refractivity contribution is -0.129. The molecule has 5 heteroatoms. The molecule has 0 aliphatic heterocycles. The summed E-state index contributed by atoms with van der Waals surface area (Å²) in [6.07, 6.45) is 2.24. The van der Waals surface area contributed by atoms with Gasteiger partial charge in [-0.3, -0.25) is 9.59 Å². The maximum atomic E-state index is 12.7. The molecule has 1 aromatic carbocycles. The van der Waals surface area contributed by atoms with Crippen LogP contribution in [0.25, 0.3) is 0 Å². The fourth-order valence-corrected chi connectivity index (χ4v) is 1.90. The Morgan fingerprint density at radius 2 is 1.86 bits per heavy atom. The molecule has 0 heterocycles. The molecule has 1 rings (SSSR count). The molecule has 21 heavy (non-hydrogen) atoms. The molecule has 0 aromatic heterocycles. The normalized spacial score (nSPS) is 10.2. The standard InChI is InChI=1S/C16H23FN2O2/c1-3-4-10-19(13(2)20)11-9-16(21)18-12-14-5-7-15(17)8-6-14/h5-8H,3-4,9-12H2,1-2H3,(H,18,21). The Morgan fingerprint density at radius 3 is 2.43 bits per heavy atom. The molecular formula is C16H23FN2O2. The summed E-state index contributed by atoms with van der Waals surface area (Å²) >= 11 is 0. The van der Waals surface area contributed by atoms with Crippen molar-refractivity contribution in [1.29, 1.82) is 0 Å². The Labute approximate surface area is 125 Å². The van der Waals surface area contributed by atoms with E-state index in [-0.39, 0.29) is 24.1 Å². The number of halogens is 1. The van der Waals surface area contributed by atoms with Gasteiger partial charge in [0.25, 0.3) is 0 Å². The second kappa shape index (κ2) is 9.10. The first-order chi connectivity index (χ1) is 10.0. The van der Waals surface area contributed by atoms with E-state index >= 15 is 0 Å². The molecule has 1 N–H and O–H groups in total. The van der Waals surface area contributed by atoms with Crippen molar-refractivity contribution in [2.24, 2.45) is 0 Å². The van der Waals surface area contributed by atoms with Crippen LogP contribution in [0.2, 0.25) is 0 Å². The highest BCUT2D eigenvalue weighted by molar-refractivity contribution is 5.78. The van der Waals surface area contributed by atoms with Crippen molar-refractivity contribution in [2.45, 2.75) is 39.7 Å². The van der Waals surface area contributed by atoms with Crippen LogP contribution in [0.15, 0.2) is 24.3 Å². The summed E-state index contributed by atoms with van der Waals surface area (Å²) < 4.78 is 12.7. The van der Waals surface area contributed by atoms with Gasteiger partial charge in [-0.2, -0.15) is 0 Å². The molecule has 0 radical (unpaired) electrons. The average molecular weight is 294 g/mol. The fraction of sp³-hybridized carbons (Fsp3) is 0.500. The van der Waals surface area contributed by atoms with Crippen LogP contribution >= 0.6 is 0 Å². The van der Waals surface area contributed by atoms with E-state index in [2.05, 4.69) is 12.2 Å². The number of rotatable bonds is 8. The SMILES string of the molecule is CCCCN(CCC(=O)NCc1ccc(F)cc1)C(C)=O. The summed E-state index contributed by atoms with van der Waals surface area (Å²) in [7, 11) is 0. The van der Waals surface area contributed by atoms with E-state index in [0.29, 0.717) is 19.6 Å². The van der Waals surface area contributed by atoms with Gasteiger partial charge in [0, 0.05) is 33.0 Å². The van der Waals surface area contributed by atoms with Crippen LogP contribution in [0.4, 0.5) is 4.39 Å². The third-order valence-electron chi connectivity index (χ3n) is 3.24. The van der Waals surface area contributed by atoms with E-state index in [1.165, 1.54) is 19.1 Å². The van der Waals surface area contributed by atoms with Crippen molar-refractivity contribution in [3.63, 3.8) is 0 Å². The number of carbonyl (C=O) groups is 2.